The van der Waals surface area contributed by atoms with Crippen molar-refractivity contribution >= 4 is 0 Å². The lowest BCUT2D eigenvalue weighted by molar-refractivity contribution is 0.0389. The van der Waals surface area contributed by atoms with Gasteiger partial charge in [-0.1, -0.05) is 47.5 Å². The highest BCUT2D eigenvalue weighted by Crippen LogP contribution is 2.30. The van der Waals surface area contributed by atoms with E-state index < -0.39 is 0 Å². The third kappa shape index (κ3) is 3.98. The Kier molecular flexibility index (Phi) is 5.92. The topological polar surface area (TPSA) is 15.3 Å². The second kappa shape index (κ2) is 7.26. The van der Waals surface area contributed by atoms with Crippen LogP contribution in [-0.4, -0.2) is 36.1 Å². The van der Waals surface area contributed by atoms with Gasteiger partial charge < -0.3 is 5.32 Å². The van der Waals surface area contributed by atoms with E-state index in [0.29, 0.717) is 6.04 Å². The number of nitrogens with zero attached hydrogens (tertiary/aromatic N) is 1. The highest BCUT2D eigenvalue weighted by atomic mass is 15.3. The van der Waals surface area contributed by atoms with Gasteiger partial charge in [0.15, 0.2) is 0 Å². The summed E-state index contributed by atoms with van der Waals surface area (Å²) in [7, 11) is 0. The van der Waals surface area contributed by atoms with Gasteiger partial charge in [-0.05, 0) is 37.0 Å². The summed E-state index contributed by atoms with van der Waals surface area (Å²) in [5.41, 5.74) is 0. The molecule has 1 aliphatic carbocycles. The van der Waals surface area contributed by atoms with E-state index in [4.69, 9.17) is 0 Å². The molecule has 118 valence electrons. The Bertz CT molecular complexity index is 287. The zero-order valence-corrected chi connectivity index (χ0v) is 14.4. The summed E-state index contributed by atoms with van der Waals surface area (Å²) in [6.07, 6.45) is 7.18. The fraction of sp³-hybridized carbons (Fsp3) is 1.00. The molecule has 2 aliphatic rings. The van der Waals surface area contributed by atoms with E-state index in [9.17, 15) is 0 Å². The SMILES string of the molecule is CC1CCCC(N2CC(C(C)C)NCC2C(C)C)CC1. The predicted molar refractivity (Wildman–Crippen MR) is 88.0 cm³/mol. The van der Waals surface area contributed by atoms with Crippen molar-refractivity contribution in [2.75, 3.05) is 13.1 Å². The van der Waals surface area contributed by atoms with Crippen molar-refractivity contribution in [2.24, 2.45) is 17.8 Å². The normalized spacial score (nSPS) is 37.4. The van der Waals surface area contributed by atoms with Crippen LogP contribution in [-0.2, 0) is 0 Å². The molecule has 2 heteroatoms. The van der Waals surface area contributed by atoms with Crippen LogP contribution in [0.25, 0.3) is 0 Å². The first-order valence-corrected chi connectivity index (χ1v) is 8.98. The number of nitrogens with one attached hydrogen (secondary N) is 1. The van der Waals surface area contributed by atoms with E-state index >= 15 is 0 Å². The van der Waals surface area contributed by atoms with Crippen molar-refractivity contribution < 1.29 is 0 Å². The maximum Gasteiger partial charge on any atom is 0.0247 e. The highest BCUT2D eigenvalue weighted by Gasteiger charge is 2.35. The zero-order chi connectivity index (χ0) is 14.7. The Hall–Kier alpha value is -0.0800. The second-order valence-electron chi connectivity index (χ2n) is 8.03. The van der Waals surface area contributed by atoms with Crippen LogP contribution in [0.4, 0.5) is 0 Å². The number of piperazine rings is 1. The first kappa shape index (κ1) is 16.3. The van der Waals surface area contributed by atoms with Gasteiger partial charge in [-0.15, -0.1) is 0 Å². The molecule has 1 aliphatic heterocycles. The van der Waals surface area contributed by atoms with Gasteiger partial charge in [-0.25, -0.2) is 0 Å². The van der Waals surface area contributed by atoms with Crippen molar-refractivity contribution in [2.45, 2.75) is 84.8 Å². The van der Waals surface area contributed by atoms with Gasteiger partial charge in [0.2, 0.25) is 0 Å². The lowest BCUT2D eigenvalue weighted by atomic mass is 9.91. The summed E-state index contributed by atoms with van der Waals surface area (Å²) in [6.45, 7) is 14.4. The maximum absolute atomic E-state index is 3.80. The smallest absolute Gasteiger partial charge is 0.0247 e. The van der Waals surface area contributed by atoms with Crippen LogP contribution in [0.5, 0.6) is 0 Å². The molecule has 0 aromatic rings. The lowest BCUT2D eigenvalue weighted by Gasteiger charge is -2.47. The molecule has 0 aromatic carbocycles. The summed E-state index contributed by atoms with van der Waals surface area (Å²) >= 11 is 0. The maximum atomic E-state index is 3.80. The molecule has 0 bridgehead atoms. The molecule has 4 unspecified atom stereocenters. The summed E-state index contributed by atoms with van der Waals surface area (Å²) in [6, 6.07) is 2.27. The van der Waals surface area contributed by atoms with Crippen molar-refractivity contribution in [1.82, 2.24) is 10.2 Å². The first-order valence-electron chi connectivity index (χ1n) is 8.98. The Labute approximate surface area is 126 Å². The molecule has 2 fully saturated rings. The minimum atomic E-state index is 0.686. The van der Waals surface area contributed by atoms with Crippen LogP contribution in [0.15, 0.2) is 0 Å². The predicted octanol–water partition coefficient (Wildman–Crippen LogP) is 3.91. The van der Waals surface area contributed by atoms with Crippen LogP contribution in [0.3, 0.4) is 0 Å². The van der Waals surface area contributed by atoms with Gasteiger partial charge in [0.05, 0.1) is 0 Å². The molecular weight excluding hydrogens is 244 g/mol. The molecule has 1 N–H and O–H groups in total. The second-order valence-corrected chi connectivity index (χ2v) is 8.03. The van der Waals surface area contributed by atoms with E-state index in [-0.39, 0.29) is 0 Å². The van der Waals surface area contributed by atoms with Crippen LogP contribution in [0.2, 0.25) is 0 Å². The molecule has 0 aromatic heterocycles. The average Bonchev–Trinajstić information content (AvgIpc) is 2.62. The number of hydrogen-bond donors (Lipinski definition) is 1. The number of rotatable bonds is 3. The quantitative estimate of drug-likeness (QED) is 0.789. The minimum absolute atomic E-state index is 0.686. The van der Waals surface area contributed by atoms with Gasteiger partial charge in [-0.2, -0.15) is 0 Å². The molecule has 4 atom stereocenters. The summed E-state index contributed by atoms with van der Waals surface area (Å²) < 4.78 is 0. The lowest BCUT2D eigenvalue weighted by Crippen LogP contribution is -2.62. The average molecular weight is 281 g/mol. The van der Waals surface area contributed by atoms with Crippen molar-refractivity contribution in [1.29, 1.82) is 0 Å². The standard InChI is InChI=1S/C18H36N2/c1-13(2)17-12-20(18(11-19-17)14(3)4)16-8-6-7-15(5)9-10-16/h13-19H,6-12H2,1-5H3. The van der Waals surface area contributed by atoms with E-state index in [1.165, 1.54) is 45.2 Å². The fourth-order valence-corrected chi connectivity index (χ4v) is 4.10. The van der Waals surface area contributed by atoms with Gasteiger partial charge in [-0.3, -0.25) is 4.90 Å². The highest BCUT2D eigenvalue weighted by molar-refractivity contribution is 4.93. The van der Waals surface area contributed by atoms with Gasteiger partial charge in [0.1, 0.15) is 0 Å². The largest absolute Gasteiger partial charge is 0.311 e. The monoisotopic (exact) mass is 280 g/mol. The minimum Gasteiger partial charge on any atom is -0.311 e. The summed E-state index contributed by atoms with van der Waals surface area (Å²) in [5, 5.41) is 3.80. The summed E-state index contributed by atoms with van der Waals surface area (Å²) in [4.78, 5) is 2.89. The Morgan fingerprint density at radius 2 is 1.70 bits per heavy atom. The van der Waals surface area contributed by atoms with E-state index in [2.05, 4.69) is 44.8 Å². The van der Waals surface area contributed by atoms with E-state index in [1.54, 1.807) is 0 Å². The molecule has 0 spiro atoms. The van der Waals surface area contributed by atoms with Gasteiger partial charge in [0.25, 0.3) is 0 Å². The van der Waals surface area contributed by atoms with Gasteiger partial charge in [0, 0.05) is 31.2 Å². The van der Waals surface area contributed by atoms with Gasteiger partial charge >= 0.3 is 0 Å². The molecule has 0 amide bonds. The Balaban J connectivity index is 2.05. The molecule has 2 rings (SSSR count). The van der Waals surface area contributed by atoms with Crippen LogP contribution < -0.4 is 5.32 Å². The van der Waals surface area contributed by atoms with Crippen LogP contribution in [0.1, 0.15) is 66.7 Å². The molecule has 1 heterocycles. The van der Waals surface area contributed by atoms with Crippen LogP contribution in [0, 0.1) is 17.8 Å². The Morgan fingerprint density at radius 3 is 2.35 bits per heavy atom. The fourth-order valence-electron chi connectivity index (χ4n) is 4.10. The van der Waals surface area contributed by atoms with Crippen molar-refractivity contribution in [3.05, 3.63) is 0 Å². The van der Waals surface area contributed by atoms with Crippen LogP contribution >= 0.6 is 0 Å². The third-order valence-electron chi connectivity index (χ3n) is 5.69. The van der Waals surface area contributed by atoms with Crippen molar-refractivity contribution in [3.63, 3.8) is 0 Å². The number of hydrogen-bond acceptors (Lipinski definition) is 2. The molecule has 2 nitrogen and oxygen atoms in total. The molecular formula is C18H36N2. The van der Waals surface area contributed by atoms with E-state index in [0.717, 1.165) is 29.8 Å². The van der Waals surface area contributed by atoms with E-state index in [1.807, 2.05) is 0 Å². The first-order chi connectivity index (χ1) is 9.49. The summed E-state index contributed by atoms with van der Waals surface area (Å²) in [5.74, 6) is 2.45. The molecule has 20 heavy (non-hydrogen) atoms. The molecule has 1 saturated heterocycles. The third-order valence-corrected chi connectivity index (χ3v) is 5.69. The molecule has 0 radical (unpaired) electrons. The Morgan fingerprint density at radius 1 is 0.950 bits per heavy atom. The molecule has 1 saturated carbocycles. The zero-order valence-electron chi connectivity index (χ0n) is 14.4. The van der Waals surface area contributed by atoms with Crippen molar-refractivity contribution in [3.8, 4) is 0 Å².